The Morgan fingerprint density at radius 3 is 2.44 bits per heavy atom. The van der Waals surface area contributed by atoms with E-state index >= 15 is 0 Å². The van der Waals surface area contributed by atoms with E-state index in [4.69, 9.17) is 15.3 Å². The number of nitriles is 2. The summed E-state index contributed by atoms with van der Waals surface area (Å²) in [6, 6.07) is 12.2. The highest BCUT2D eigenvalue weighted by Gasteiger charge is 2.26. The standard InChI is InChI=1S/C19H24N4O2/c1-25-18-6-4-16(5-7-18)17-8-13-22(14-17)15-19(24)23(11-2-9-20)12-3-10-21/h4-7,17H,2-3,8,11-15H2,1H3/t17-/m0/s1. The monoisotopic (exact) mass is 340 g/mol. The molecule has 0 saturated carbocycles. The Labute approximate surface area is 149 Å². The minimum absolute atomic E-state index is 0.000816. The molecule has 25 heavy (non-hydrogen) atoms. The summed E-state index contributed by atoms with van der Waals surface area (Å²) in [4.78, 5) is 16.3. The van der Waals surface area contributed by atoms with Crippen LogP contribution < -0.4 is 4.74 Å². The molecule has 1 atom stereocenters. The number of nitrogens with zero attached hydrogens (tertiary/aromatic N) is 4. The van der Waals surface area contributed by atoms with Crippen LogP contribution in [0.1, 0.15) is 30.7 Å². The van der Waals surface area contributed by atoms with E-state index < -0.39 is 0 Å². The fourth-order valence-corrected chi connectivity index (χ4v) is 3.15. The van der Waals surface area contributed by atoms with Crippen LogP contribution in [0.5, 0.6) is 5.75 Å². The fraction of sp³-hybridized carbons (Fsp3) is 0.526. The molecule has 0 aliphatic carbocycles. The molecule has 0 bridgehead atoms. The van der Waals surface area contributed by atoms with Crippen LogP contribution in [0.25, 0.3) is 0 Å². The summed E-state index contributed by atoms with van der Waals surface area (Å²) >= 11 is 0. The van der Waals surface area contributed by atoms with Gasteiger partial charge in [0.2, 0.25) is 5.91 Å². The third kappa shape index (κ3) is 5.48. The second-order valence-corrected chi connectivity index (χ2v) is 6.19. The lowest BCUT2D eigenvalue weighted by Gasteiger charge is -2.24. The molecule has 1 aromatic carbocycles. The Hall–Kier alpha value is -2.57. The van der Waals surface area contributed by atoms with Crippen LogP contribution in [0.4, 0.5) is 0 Å². The van der Waals surface area contributed by atoms with E-state index in [1.807, 2.05) is 12.1 Å². The van der Waals surface area contributed by atoms with Crippen molar-refractivity contribution < 1.29 is 9.53 Å². The third-order valence-corrected chi connectivity index (χ3v) is 4.56. The lowest BCUT2D eigenvalue weighted by molar-refractivity contribution is -0.132. The molecule has 0 aromatic heterocycles. The van der Waals surface area contributed by atoms with E-state index in [2.05, 4.69) is 29.2 Å². The normalized spacial score (nSPS) is 16.8. The summed E-state index contributed by atoms with van der Waals surface area (Å²) in [6.45, 7) is 2.87. The Bertz CT molecular complexity index is 627. The second kappa shape index (κ2) is 9.66. The maximum absolute atomic E-state index is 12.5. The summed E-state index contributed by atoms with van der Waals surface area (Å²) in [5.74, 6) is 1.27. The summed E-state index contributed by atoms with van der Waals surface area (Å²) in [7, 11) is 1.66. The van der Waals surface area contributed by atoms with Gasteiger partial charge in [-0.05, 0) is 36.6 Å². The topological polar surface area (TPSA) is 80.4 Å². The summed E-state index contributed by atoms with van der Waals surface area (Å²) in [5.41, 5.74) is 1.27. The maximum atomic E-state index is 12.5. The largest absolute Gasteiger partial charge is 0.497 e. The fourth-order valence-electron chi connectivity index (χ4n) is 3.15. The molecular weight excluding hydrogens is 316 g/mol. The van der Waals surface area contributed by atoms with Gasteiger partial charge in [0.25, 0.3) is 0 Å². The van der Waals surface area contributed by atoms with Crippen LogP contribution in [-0.4, -0.2) is 55.5 Å². The van der Waals surface area contributed by atoms with Gasteiger partial charge in [0.05, 0.1) is 38.6 Å². The van der Waals surface area contributed by atoms with Crippen LogP contribution in [0.2, 0.25) is 0 Å². The van der Waals surface area contributed by atoms with Gasteiger partial charge < -0.3 is 9.64 Å². The van der Waals surface area contributed by atoms with Gasteiger partial charge in [-0.25, -0.2) is 0 Å². The van der Waals surface area contributed by atoms with Crippen molar-refractivity contribution in [1.82, 2.24) is 9.80 Å². The highest BCUT2D eigenvalue weighted by Crippen LogP contribution is 2.28. The predicted molar refractivity (Wildman–Crippen MR) is 93.8 cm³/mol. The summed E-state index contributed by atoms with van der Waals surface area (Å²) < 4.78 is 5.19. The number of hydrogen-bond acceptors (Lipinski definition) is 5. The molecule has 1 amide bonds. The molecule has 0 unspecified atom stereocenters. The molecular formula is C19H24N4O2. The van der Waals surface area contributed by atoms with Gasteiger partial charge >= 0.3 is 0 Å². The first-order chi connectivity index (χ1) is 12.2. The number of benzene rings is 1. The highest BCUT2D eigenvalue weighted by molar-refractivity contribution is 5.78. The van der Waals surface area contributed by atoms with Gasteiger partial charge in [0.1, 0.15) is 5.75 Å². The summed E-state index contributed by atoms with van der Waals surface area (Å²) in [5, 5.41) is 17.5. The van der Waals surface area contributed by atoms with E-state index in [1.54, 1.807) is 12.0 Å². The van der Waals surface area contributed by atoms with Crippen molar-refractivity contribution in [3.63, 3.8) is 0 Å². The molecule has 1 aliphatic heterocycles. The number of carbonyl (C=O) groups is 1. The van der Waals surface area contributed by atoms with Gasteiger partial charge in [-0.1, -0.05) is 12.1 Å². The van der Waals surface area contributed by atoms with Crippen LogP contribution in [0.15, 0.2) is 24.3 Å². The second-order valence-electron chi connectivity index (χ2n) is 6.19. The molecule has 0 radical (unpaired) electrons. The van der Waals surface area contributed by atoms with Gasteiger partial charge in [-0.3, -0.25) is 9.69 Å². The highest BCUT2D eigenvalue weighted by atomic mass is 16.5. The van der Waals surface area contributed by atoms with Gasteiger partial charge in [-0.15, -0.1) is 0 Å². The number of hydrogen-bond donors (Lipinski definition) is 0. The lowest BCUT2D eigenvalue weighted by Crippen LogP contribution is -2.40. The van der Waals surface area contributed by atoms with Crippen LogP contribution in [0, 0.1) is 22.7 Å². The first-order valence-corrected chi connectivity index (χ1v) is 8.56. The molecule has 1 saturated heterocycles. The maximum Gasteiger partial charge on any atom is 0.236 e. The minimum Gasteiger partial charge on any atom is -0.497 e. The number of methoxy groups -OCH3 is 1. The van der Waals surface area contributed by atoms with E-state index in [0.29, 0.717) is 38.4 Å². The molecule has 0 N–H and O–H groups in total. The zero-order valence-electron chi connectivity index (χ0n) is 14.6. The number of ether oxygens (including phenoxy) is 1. The third-order valence-electron chi connectivity index (χ3n) is 4.56. The predicted octanol–water partition coefficient (Wildman–Crippen LogP) is 2.14. The first-order valence-electron chi connectivity index (χ1n) is 8.56. The van der Waals surface area contributed by atoms with Crippen LogP contribution in [0.3, 0.4) is 0 Å². The van der Waals surface area contributed by atoms with Crippen molar-refractivity contribution in [2.24, 2.45) is 0 Å². The Kier molecular flexibility index (Phi) is 7.25. The number of rotatable bonds is 8. The van der Waals surface area contributed by atoms with Crippen LogP contribution in [-0.2, 0) is 4.79 Å². The van der Waals surface area contributed by atoms with Gasteiger partial charge in [-0.2, -0.15) is 10.5 Å². The van der Waals surface area contributed by atoms with Gasteiger partial charge in [0, 0.05) is 19.6 Å². The Morgan fingerprint density at radius 2 is 1.88 bits per heavy atom. The van der Waals surface area contributed by atoms with E-state index in [9.17, 15) is 4.79 Å². The number of likely N-dealkylation sites (tertiary alicyclic amines) is 1. The molecule has 132 valence electrons. The molecule has 2 rings (SSSR count). The van der Waals surface area contributed by atoms with E-state index in [0.717, 1.165) is 25.3 Å². The Balaban J connectivity index is 1.88. The van der Waals surface area contributed by atoms with E-state index in [-0.39, 0.29) is 5.91 Å². The van der Waals surface area contributed by atoms with E-state index in [1.165, 1.54) is 5.56 Å². The summed E-state index contributed by atoms with van der Waals surface area (Å²) in [6.07, 6.45) is 1.62. The van der Waals surface area contributed by atoms with Crippen molar-refractivity contribution in [3.05, 3.63) is 29.8 Å². The number of amides is 1. The molecule has 1 heterocycles. The van der Waals surface area contributed by atoms with Gasteiger partial charge in [0.15, 0.2) is 0 Å². The van der Waals surface area contributed by atoms with Crippen molar-refractivity contribution in [1.29, 1.82) is 10.5 Å². The molecule has 6 heteroatoms. The molecule has 1 aromatic rings. The van der Waals surface area contributed by atoms with Crippen LogP contribution >= 0.6 is 0 Å². The first kappa shape index (κ1) is 18.8. The lowest BCUT2D eigenvalue weighted by atomic mass is 9.98. The molecule has 6 nitrogen and oxygen atoms in total. The zero-order valence-corrected chi connectivity index (χ0v) is 14.6. The zero-order chi connectivity index (χ0) is 18.1. The number of carbonyl (C=O) groups excluding carboxylic acids is 1. The average Bonchev–Trinajstić information content (AvgIpc) is 3.10. The Morgan fingerprint density at radius 1 is 1.24 bits per heavy atom. The van der Waals surface area contributed by atoms with Crippen molar-refractivity contribution in [2.45, 2.75) is 25.2 Å². The van der Waals surface area contributed by atoms with Crippen molar-refractivity contribution in [2.75, 3.05) is 39.8 Å². The van der Waals surface area contributed by atoms with Crippen molar-refractivity contribution >= 4 is 5.91 Å². The average molecular weight is 340 g/mol. The smallest absolute Gasteiger partial charge is 0.236 e. The SMILES string of the molecule is COc1ccc([C@H]2CCN(CC(=O)N(CCC#N)CCC#N)C2)cc1. The molecule has 1 fully saturated rings. The molecule has 1 aliphatic rings. The minimum atomic E-state index is 0.000816. The quantitative estimate of drug-likeness (QED) is 0.724. The molecule has 0 spiro atoms. The van der Waals surface area contributed by atoms with Crippen molar-refractivity contribution in [3.8, 4) is 17.9 Å².